The van der Waals surface area contributed by atoms with E-state index in [1.54, 1.807) is 17.6 Å². The zero-order chi connectivity index (χ0) is 13.2. The lowest BCUT2D eigenvalue weighted by atomic mass is 10.2. The second-order valence-electron chi connectivity index (χ2n) is 5.04. The molecule has 4 nitrogen and oxygen atoms in total. The fourth-order valence-electron chi connectivity index (χ4n) is 2.29. The second kappa shape index (κ2) is 5.45. The molecule has 5 heteroatoms. The first-order valence-corrected chi connectivity index (χ1v) is 7.44. The van der Waals surface area contributed by atoms with Crippen LogP contribution in [0.2, 0.25) is 0 Å². The van der Waals surface area contributed by atoms with Crippen LogP contribution in [-0.4, -0.2) is 35.2 Å². The number of morpholine rings is 1. The van der Waals surface area contributed by atoms with Crippen molar-refractivity contribution in [1.29, 1.82) is 0 Å². The first-order valence-electron chi connectivity index (χ1n) is 6.56. The Kier molecular flexibility index (Phi) is 3.68. The summed E-state index contributed by atoms with van der Waals surface area (Å²) >= 11 is 1.65. The average molecular weight is 278 g/mol. The monoisotopic (exact) mass is 278 g/mol. The van der Waals surface area contributed by atoms with Crippen LogP contribution in [-0.2, 0) is 11.3 Å². The summed E-state index contributed by atoms with van der Waals surface area (Å²) in [5.41, 5.74) is 0.990. The molecule has 2 atom stereocenters. The van der Waals surface area contributed by atoms with Crippen LogP contribution in [0.5, 0.6) is 0 Å². The Morgan fingerprint density at radius 2 is 2.37 bits per heavy atom. The van der Waals surface area contributed by atoms with Gasteiger partial charge in [-0.05, 0) is 25.3 Å². The summed E-state index contributed by atoms with van der Waals surface area (Å²) in [5, 5.41) is 2.03. The first-order chi connectivity index (χ1) is 9.22. The maximum absolute atomic E-state index is 5.64. The summed E-state index contributed by atoms with van der Waals surface area (Å²) in [6, 6.07) is 4.47. The Bertz CT molecular complexity index is 523. The van der Waals surface area contributed by atoms with Gasteiger partial charge in [0.15, 0.2) is 0 Å². The maximum atomic E-state index is 5.64. The smallest absolute Gasteiger partial charge is 0.236 e. The van der Waals surface area contributed by atoms with E-state index in [1.807, 2.05) is 17.5 Å². The lowest BCUT2D eigenvalue weighted by Gasteiger charge is -2.36. The lowest BCUT2D eigenvalue weighted by molar-refractivity contribution is -0.0530. The highest BCUT2D eigenvalue weighted by molar-refractivity contribution is 7.13. The predicted octanol–water partition coefficient (Wildman–Crippen LogP) is 3.01. The van der Waals surface area contributed by atoms with Gasteiger partial charge in [0.05, 0.1) is 23.3 Å². The van der Waals surface area contributed by atoms with Gasteiger partial charge in [-0.2, -0.15) is 0 Å². The van der Waals surface area contributed by atoms with E-state index in [4.69, 9.17) is 9.15 Å². The topological polar surface area (TPSA) is 38.5 Å². The SMILES string of the molecule is CC1CN(Cc2coc(-c3cccs3)n2)C(C)CO1. The van der Waals surface area contributed by atoms with Crippen LogP contribution in [0.15, 0.2) is 28.2 Å². The molecule has 0 bridgehead atoms. The molecule has 0 N–H and O–H groups in total. The van der Waals surface area contributed by atoms with Gasteiger partial charge >= 0.3 is 0 Å². The third-order valence-corrected chi connectivity index (χ3v) is 4.24. The van der Waals surface area contributed by atoms with Gasteiger partial charge in [-0.15, -0.1) is 11.3 Å². The van der Waals surface area contributed by atoms with Crippen LogP contribution in [0, 0.1) is 0 Å². The van der Waals surface area contributed by atoms with E-state index >= 15 is 0 Å². The highest BCUT2D eigenvalue weighted by atomic mass is 32.1. The van der Waals surface area contributed by atoms with Crippen molar-refractivity contribution in [3.05, 3.63) is 29.5 Å². The summed E-state index contributed by atoms with van der Waals surface area (Å²) in [6.07, 6.45) is 2.06. The van der Waals surface area contributed by atoms with Crippen LogP contribution in [0.4, 0.5) is 0 Å². The van der Waals surface area contributed by atoms with Crippen LogP contribution in [0.1, 0.15) is 19.5 Å². The number of hydrogen-bond donors (Lipinski definition) is 0. The molecule has 3 rings (SSSR count). The fraction of sp³-hybridized carbons (Fsp3) is 0.500. The molecule has 1 fully saturated rings. The van der Waals surface area contributed by atoms with Crippen molar-refractivity contribution in [2.24, 2.45) is 0 Å². The minimum atomic E-state index is 0.292. The normalized spacial score (nSPS) is 24.7. The molecule has 1 aliphatic heterocycles. The van der Waals surface area contributed by atoms with Gasteiger partial charge in [0, 0.05) is 19.1 Å². The average Bonchev–Trinajstić information content (AvgIpc) is 3.04. The van der Waals surface area contributed by atoms with E-state index in [1.165, 1.54) is 0 Å². The van der Waals surface area contributed by atoms with Crippen molar-refractivity contribution >= 4 is 11.3 Å². The van der Waals surface area contributed by atoms with E-state index < -0.39 is 0 Å². The predicted molar refractivity (Wildman–Crippen MR) is 75.1 cm³/mol. The largest absolute Gasteiger partial charge is 0.444 e. The Morgan fingerprint density at radius 1 is 1.47 bits per heavy atom. The van der Waals surface area contributed by atoms with Crippen LogP contribution in [0.25, 0.3) is 10.8 Å². The molecule has 0 aliphatic carbocycles. The third-order valence-electron chi connectivity index (χ3n) is 3.39. The van der Waals surface area contributed by atoms with Gasteiger partial charge in [0.2, 0.25) is 5.89 Å². The summed E-state index contributed by atoms with van der Waals surface area (Å²) < 4.78 is 11.2. The first kappa shape index (κ1) is 12.8. The standard InChI is InChI=1S/C14H18N2O2S/c1-10-8-17-11(2)6-16(10)7-12-9-18-14(15-12)13-4-3-5-19-13/h3-5,9-11H,6-8H2,1-2H3. The number of thiophene rings is 1. The second-order valence-corrected chi connectivity index (χ2v) is 5.99. The zero-order valence-electron chi connectivity index (χ0n) is 11.2. The van der Waals surface area contributed by atoms with E-state index in [0.717, 1.165) is 36.2 Å². The van der Waals surface area contributed by atoms with Gasteiger partial charge in [-0.3, -0.25) is 4.90 Å². The van der Waals surface area contributed by atoms with E-state index in [0.29, 0.717) is 12.1 Å². The Balaban J connectivity index is 1.70. The zero-order valence-corrected chi connectivity index (χ0v) is 12.0. The molecule has 2 aromatic heterocycles. The summed E-state index contributed by atoms with van der Waals surface area (Å²) in [6.45, 7) is 6.85. The van der Waals surface area contributed by atoms with Crippen LogP contribution >= 0.6 is 11.3 Å². The fourth-order valence-corrected chi connectivity index (χ4v) is 2.95. The molecule has 2 unspecified atom stereocenters. The van der Waals surface area contributed by atoms with Crippen molar-refractivity contribution in [1.82, 2.24) is 9.88 Å². The van der Waals surface area contributed by atoms with Gasteiger partial charge in [-0.25, -0.2) is 4.98 Å². The molecule has 19 heavy (non-hydrogen) atoms. The molecule has 102 valence electrons. The van der Waals surface area contributed by atoms with Gasteiger partial charge in [0.1, 0.15) is 6.26 Å². The minimum absolute atomic E-state index is 0.292. The highest BCUT2D eigenvalue weighted by Crippen LogP contribution is 2.24. The maximum Gasteiger partial charge on any atom is 0.236 e. The molecule has 0 spiro atoms. The van der Waals surface area contributed by atoms with Crippen LogP contribution in [0.3, 0.4) is 0 Å². The molecule has 0 saturated carbocycles. The number of hydrogen-bond acceptors (Lipinski definition) is 5. The molecule has 3 heterocycles. The van der Waals surface area contributed by atoms with Crippen molar-refractivity contribution in [2.75, 3.05) is 13.2 Å². The molecular weight excluding hydrogens is 260 g/mol. The molecule has 2 aromatic rings. The highest BCUT2D eigenvalue weighted by Gasteiger charge is 2.24. The summed E-state index contributed by atoms with van der Waals surface area (Å²) in [7, 11) is 0. The van der Waals surface area contributed by atoms with Gasteiger partial charge < -0.3 is 9.15 Å². The number of aromatic nitrogens is 1. The molecule has 0 radical (unpaired) electrons. The number of ether oxygens (including phenoxy) is 1. The van der Waals surface area contributed by atoms with Crippen LogP contribution < -0.4 is 0 Å². The van der Waals surface area contributed by atoms with E-state index in [-0.39, 0.29) is 0 Å². The lowest BCUT2D eigenvalue weighted by Crippen LogP contribution is -2.46. The Morgan fingerprint density at radius 3 is 3.16 bits per heavy atom. The quantitative estimate of drug-likeness (QED) is 0.865. The van der Waals surface area contributed by atoms with E-state index in [2.05, 4.69) is 23.7 Å². The van der Waals surface area contributed by atoms with E-state index in [9.17, 15) is 0 Å². The van der Waals surface area contributed by atoms with Crippen molar-refractivity contribution < 1.29 is 9.15 Å². The Hall–Kier alpha value is -1.17. The van der Waals surface area contributed by atoms with Crippen molar-refractivity contribution in [3.8, 4) is 10.8 Å². The third kappa shape index (κ3) is 2.88. The summed E-state index contributed by atoms with van der Waals surface area (Å²) in [5.74, 6) is 0.721. The molecule has 1 saturated heterocycles. The van der Waals surface area contributed by atoms with Crippen molar-refractivity contribution in [2.45, 2.75) is 32.5 Å². The number of rotatable bonds is 3. The van der Waals surface area contributed by atoms with Gasteiger partial charge in [-0.1, -0.05) is 6.07 Å². The minimum Gasteiger partial charge on any atom is -0.444 e. The molecule has 1 aliphatic rings. The van der Waals surface area contributed by atoms with Crippen molar-refractivity contribution in [3.63, 3.8) is 0 Å². The van der Waals surface area contributed by atoms with Gasteiger partial charge in [0.25, 0.3) is 0 Å². The number of nitrogens with zero attached hydrogens (tertiary/aromatic N) is 2. The summed E-state index contributed by atoms with van der Waals surface area (Å²) in [4.78, 5) is 8.04. The molecular formula is C14H18N2O2S. The Labute approximate surface area is 117 Å². The molecule has 0 aromatic carbocycles. The number of oxazole rings is 1. The molecule has 0 amide bonds.